The Morgan fingerprint density at radius 2 is 1.69 bits per heavy atom. The molecule has 8 nitrogen and oxygen atoms in total. The van der Waals surface area contributed by atoms with Crippen LogP contribution in [0.5, 0.6) is 0 Å². The van der Waals surface area contributed by atoms with Gasteiger partial charge in [0.05, 0.1) is 17.3 Å². The van der Waals surface area contributed by atoms with E-state index < -0.39 is 18.5 Å². The van der Waals surface area contributed by atoms with Gasteiger partial charge in [0.1, 0.15) is 5.52 Å². The summed E-state index contributed by atoms with van der Waals surface area (Å²) >= 11 is 0. The topological polar surface area (TPSA) is 111 Å². The Morgan fingerprint density at radius 3 is 2.49 bits per heavy atom. The highest BCUT2D eigenvalue weighted by atomic mass is 16.5. The van der Waals surface area contributed by atoms with Crippen molar-refractivity contribution >= 4 is 40.6 Å². The number of carbonyl (C=O) groups is 3. The van der Waals surface area contributed by atoms with E-state index >= 15 is 0 Å². The molecule has 0 aliphatic carbocycles. The first-order chi connectivity index (χ1) is 17.0. The van der Waals surface area contributed by atoms with E-state index in [1.54, 1.807) is 36.4 Å². The van der Waals surface area contributed by atoms with E-state index in [0.717, 1.165) is 11.6 Å². The summed E-state index contributed by atoms with van der Waals surface area (Å²) in [5, 5.41) is 5.54. The first kappa shape index (κ1) is 23.4. The maximum atomic E-state index is 12.8. The van der Waals surface area contributed by atoms with Crippen LogP contribution in [-0.2, 0) is 14.3 Å². The van der Waals surface area contributed by atoms with Gasteiger partial charge in [0.2, 0.25) is 5.89 Å². The molecule has 4 aromatic rings. The molecule has 0 spiro atoms. The lowest BCUT2D eigenvalue weighted by Crippen LogP contribution is -2.28. The Labute approximate surface area is 201 Å². The van der Waals surface area contributed by atoms with Crippen molar-refractivity contribution in [3.8, 4) is 0 Å². The first-order valence-electron chi connectivity index (χ1n) is 10.9. The molecular formula is C27H23N3O5. The van der Waals surface area contributed by atoms with Gasteiger partial charge in [-0.2, -0.15) is 0 Å². The molecule has 2 amide bonds. The molecule has 1 unspecified atom stereocenters. The minimum atomic E-state index is -0.731. The highest BCUT2D eigenvalue weighted by Gasteiger charge is 2.16. The zero-order valence-electron chi connectivity index (χ0n) is 18.9. The van der Waals surface area contributed by atoms with E-state index in [-0.39, 0.29) is 17.8 Å². The van der Waals surface area contributed by atoms with E-state index in [0.29, 0.717) is 22.4 Å². The van der Waals surface area contributed by atoms with Gasteiger partial charge in [0.15, 0.2) is 12.2 Å². The van der Waals surface area contributed by atoms with Crippen LogP contribution in [0, 0.1) is 0 Å². The second-order valence-corrected chi connectivity index (χ2v) is 7.66. The van der Waals surface area contributed by atoms with Crippen molar-refractivity contribution in [3.63, 3.8) is 0 Å². The van der Waals surface area contributed by atoms with Gasteiger partial charge in [-0.3, -0.25) is 9.59 Å². The second-order valence-electron chi connectivity index (χ2n) is 7.66. The van der Waals surface area contributed by atoms with Crippen molar-refractivity contribution in [2.45, 2.75) is 13.0 Å². The van der Waals surface area contributed by atoms with Crippen molar-refractivity contribution in [1.29, 1.82) is 0 Å². The summed E-state index contributed by atoms with van der Waals surface area (Å²) in [6.45, 7) is 1.36. The normalized spacial score (nSPS) is 11.8. The monoisotopic (exact) mass is 469 g/mol. The molecule has 35 heavy (non-hydrogen) atoms. The maximum absolute atomic E-state index is 12.8. The van der Waals surface area contributed by atoms with Crippen molar-refractivity contribution in [2.75, 3.05) is 11.9 Å². The maximum Gasteiger partial charge on any atom is 0.331 e. The van der Waals surface area contributed by atoms with Gasteiger partial charge in [-0.05, 0) is 36.8 Å². The SMILES string of the molecule is CC(NC(=O)c1ccccc1NC(=O)COC(=O)/C=C/c1nc2ccccc2o1)c1ccccc1. The largest absolute Gasteiger partial charge is 0.452 e. The molecule has 0 bridgehead atoms. The summed E-state index contributed by atoms with van der Waals surface area (Å²) in [6, 6.07) is 23.1. The fraction of sp³-hybridized carbons (Fsp3) is 0.111. The standard InChI is InChI=1S/C27H23N3O5/c1-18(19-9-3-2-4-10-19)28-27(33)20-11-5-6-12-21(20)29-24(31)17-34-26(32)16-15-25-30-22-13-7-8-14-23(22)35-25/h2-16,18H,17H2,1H3,(H,28,33)(H,29,31)/b16-15+. The number of para-hydroxylation sites is 3. The number of nitrogens with one attached hydrogen (secondary N) is 2. The molecule has 3 aromatic carbocycles. The third-order valence-electron chi connectivity index (χ3n) is 5.11. The van der Waals surface area contributed by atoms with Crippen LogP contribution in [-0.4, -0.2) is 29.4 Å². The smallest absolute Gasteiger partial charge is 0.331 e. The number of esters is 1. The summed E-state index contributed by atoms with van der Waals surface area (Å²) in [6.07, 6.45) is 2.50. The lowest BCUT2D eigenvalue weighted by Gasteiger charge is -2.16. The van der Waals surface area contributed by atoms with E-state index in [9.17, 15) is 14.4 Å². The molecule has 0 saturated heterocycles. The number of amides is 2. The van der Waals surface area contributed by atoms with Crippen LogP contribution in [0.15, 0.2) is 89.4 Å². The molecule has 2 N–H and O–H groups in total. The lowest BCUT2D eigenvalue weighted by atomic mass is 10.1. The van der Waals surface area contributed by atoms with Crippen LogP contribution in [0.3, 0.4) is 0 Å². The summed E-state index contributed by atoms with van der Waals surface area (Å²) in [4.78, 5) is 41.4. The third kappa shape index (κ3) is 6.20. The van der Waals surface area contributed by atoms with E-state index in [2.05, 4.69) is 15.6 Å². The predicted molar refractivity (Wildman–Crippen MR) is 131 cm³/mol. The fourth-order valence-electron chi connectivity index (χ4n) is 3.36. The van der Waals surface area contributed by atoms with Crippen LogP contribution in [0.2, 0.25) is 0 Å². The van der Waals surface area contributed by atoms with Crippen LogP contribution in [0.4, 0.5) is 5.69 Å². The number of aromatic nitrogens is 1. The molecule has 1 aromatic heterocycles. The Morgan fingerprint density at radius 1 is 0.971 bits per heavy atom. The van der Waals surface area contributed by atoms with Crippen molar-refractivity contribution < 1.29 is 23.5 Å². The highest BCUT2D eigenvalue weighted by molar-refractivity contribution is 6.04. The van der Waals surface area contributed by atoms with Crippen LogP contribution in [0.25, 0.3) is 17.2 Å². The highest BCUT2D eigenvalue weighted by Crippen LogP contribution is 2.18. The Kier molecular flexibility index (Phi) is 7.32. The number of fused-ring (bicyclic) bond motifs is 1. The number of anilines is 1. The Hall–Kier alpha value is -4.72. The van der Waals surface area contributed by atoms with Crippen molar-refractivity contribution in [2.24, 2.45) is 0 Å². The molecule has 8 heteroatoms. The predicted octanol–water partition coefficient (Wildman–Crippen LogP) is 4.51. The van der Waals surface area contributed by atoms with Crippen LogP contribution >= 0.6 is 0 Å². The number of benzene rings is 3. The summed E-state index contributed by atoms with van der Waals surface area (Å²) in [5.74, 6) is -1.40. The number of nitrogens with zero attached hydrogens (tertiary/aromatic N) is 1. The molecule has 4 rings (SSSR count). The average Bonchev–Trinajstić information content (AvgIpc) is 3.30. The minimum Gasteiger partial charge on any atom is -0.452 e. The quantitative estimate of drug-likeness (QED) is 0.290. The molecule has 1 heterocycles. The molecule has 0 aliphatic heterocycles. The minimum absolute atomic E-state index is 0.221. The molecule has 0 aliphatic rings. The lowest BCUT2D eigenvalue weighted by molar-refractivity contribution is -0.142. The van der Waals surface area contributed by atoms with Crippen LogP contribution < -0.4 is 10.6 Å². The van der Waals surface area contributed by atoms with E-state index in [4.69, 9.17) is 9.15 Å². The fourth-order valence-corrected chi connectivity index (χ4v) is 3.36. The van der Waals surface area contributed by atoms with Crippen molar-refractivity contribution in [3.05, 3.63) is 102 Å². The summed E-state index contributed by atoms with van der Waals surface area (Å²) in [7, 11) is 0. The molecule has 1 atom stereocenters. The zero-order valence-corrected chi connectivity index (χ0v) is 18.9. The van der Waals surface area contributed by atoms with Gasteiger partial charge in [0, 0.05) is 12.2 Å². The number of hydrogen-bond acceptors (Lipinski definition) is 6. The van der Waals surface area contributed by atoms with Crippen molar-refractivity contribution in [1.82, 2.24) is 10.3 Å². The number of carbonyl (C=O) groups excluding carboxylic acids is 3. The number of rotatable bonds is 8. The van der Waals surface area contributed by atoms with Crippen LogP contribution in [0.1, 0.15) is 34.8 Å². The third-order valence-corrected chi connectivity index (χ3v) is 5.11. The number of ether oxygens (including phenoxy) is 1. The number of oxazole rings is 1. The zero-order chi connectivity index (χ0) is 24.6. The summed E-state index contributed by atoms with van der Waals surface area (Å²) < 4.78 is 10.5. The van der Waals surface area contributed by atoms with Gasteiger partial charge in [-0.15, -0.1) is 0 Å². The summed E-state index contributed by atoms with van der Waals surface area (Å²) in [5.41, 5.74) is 2.83. The Bertz CT molecular complexity index is 1340. The number of hydrogen-bond donors (Lipinski definition) is 2. The molecule has 0 radical (unpaired) electrons. The molecule has 176 valence electrons. The van der Waals surface area contributed by atoms with Gasteiger partial charge in [-0.25, -0.2) is 9.78 Å². The van der Waals surface area contributed by atoms with Gasteiger partial charge < -0.3 is 19.8 Å². The second kappa shape index (κ2) is 10.9. The molecule has 0 fully saturated rings. The first-order valence-corrected chi connectivity index (χ1v) is 10.9. The molecule has 0 saturated carbocycles. The van der Waals surface area contributed by atoms with Gasteiger partial charge in [0.25, 0.3) is 11.8 Å². The van der Waals surface area contributed by atoms with Gasteiger partial charge >= 0.3 is 5.97 Å². The van der Waals surface area contributed by atoms with E-state index in [1.807, 2.05) is 49.4 Å². The Balaban J connectivity index is 1.31. The van der Waals surface area contributed by atoms with E-state index in [1.165, 1.54) is 6.08 Å². The average molecular weight is 469 g/mol. The van der Waals surface area contributed by atoms with Gasteiger partial charge in [-0.1, -0.05) is 54.6 Å². The molecular weight excluding hydrogens is 446 g/mol.